The van der Waals surface area contributed by atoms with E-state index in [4.69, 9.17) is 14.4 Å². The van der Waals surface area contributed by atoms with Gasteiger partial charge in [0.15, 0.2) is 5.82 Å². The van der Waals surface area contributed by atoms with E-state index in [1.807, 2.05) is 30.3 Å². The van der Waals surface area contributed by atoms with Gasteiger partial charge in [-0.05, 0) is 93.4 Å². The SMILES string of the molecule is CC1(c2cccc(-c3ccc(-c4cc(-c5cccc(-c6ccc7oc8ccccc8c7c6)c5)nc(-c5ccccc5)n4)cc3)c2)c2ccccc2-c2ccccc21. The molecule has 0 saturated carbocycles. The molecule has 0 N–H and O–H groups in total. The van der Waals surface area contributed by atoms with Crippen LogP contribution in [0.1, 0.15) is 23.6 Å². The van der Waals surface area contributed by atoms with Gasteiger partial charge in [0, 0.05) is 32.9 Å². The Balaban J connectivity index is 0.963. The predicted octanol–water partition coefficient (Wildman–Crippen LogP) is 14.0. The van der Waals surface area contributed by atoms with Crippen molar-refractivity contribution >= 4 is 21.9 Å². The van der Waals surface area contributed by atoms with E-state index in [-0.39, 0.29) is 5.41 Å². The molecule has 0 aliphatic heterocycles. The molecule has 2 aromatic heterocycles. The first-order chi connectivity index (χ1) is 28.1. The highest BCUT2D eigenvalue weighted by atomic mass is 16.3. The molecular formula is C54H36N2O. The smallest absolute Gasteiger partial charge is 0.160 e. The van der Waals surface area contributed by atoms with Crippen LogP contribution >= 0.6 is 0 Å². The number of hydrogen-bond acceptors (Lipinski definition) is 3. The molecule has 57 heavy (non-hydrogen) atoms. The maximum Gasteiger partial charge on any atom is 0.160 e. The lowest BCUT2D eigenvalue weighted by atomic mass is 9.74. The number of para-hydroxylation sites is 1. The molecule has 8 aromatic carbocycles. The van der Waals surface area contributed by atoms with Crippen LogP contribution < -0.4 is 0 Å². The summed E-state index contributed by atoms with van der Waals surface area (Å²) in [6.07, 6.45) is 0. The van der Waals surface area contributed by atoms with Crippen molar-refractivity contribution in [3.63, 3.8) is 0 Å². The normalized spacial score (nSPS) is 12.8. The lowest BCUT2D eigenvalue weighted by Crippen LogP contribution is -2.22. The molecule has 0 unspecified atom stereocenters. The first kappa shape index (κ1) is 33.0. The maximum atomic E-state index is 6.12. The lowest BCUT2D eigenvalue weighted by molar-refractivity contribution is 0.669. The molecule has 0 atom stereocenters. The molecule has 10 aromatic rings. The molecule has 0 fully saturated rings. The van der Waals surface area contributed by atoms with Crippen LogP contribution in [0.4, 0.5) is 0 Å². The third kappa shape index (κ3) is 5.50. The summed E-state index contributed by atoms with van der Waals surface area (Å²) in [4.78, 5) is 10.3. The van der Waals surface area contributed by atoms with Gasteiger partial charge in [0.1, 0.15) is 11.2 Å². The van der Waals surface area contributed by atoms with Crippen LogP contribution in [-0.2, 0) is 5.41 Å². The molecular weight excluding hydrogens is 693 g/mol. The van der Waals surface area contributed by atoms with Gasteiger partial charge >= 0.3 is 0 Å². The quantitative estimate of drug-likeness (QED) is 0.171. The van der Waals surface area contributed by atoms with Gasteiger partial charge < -0.3 is 4.42 Å². The number of furan rings is 1. The Bertz CT molecular complexity index is 3090. The molecule has 2 heterocycles. The summed E-state index contributed by atoms with van der Waals surface area (Å²) in [6.45, 7) is 2.37. The molecule has 0 amide bonds. The van der Waals surface area contributed by atoms with Gasteiger partial charge in [0.2, 0.25) is 0 Å². The third-order valence-electron chi connectivity index (χ3n) is 11.8. The van der Waals surface area contributed by atoms with Crippen molar-refractivity contribution in [2.75, 3.05) is 0 Å². The second-order valence-corrected chi connectivity index (χ2v) is 15.1. The standard InChI is InChI=1S/C54H36N2O/c1-54(47-22-8-5-19-43(47)44-20-6-9-23-48(44)54)42-18-12-16-39(32-42)35-25-27-36(28-26-35)49-34-50(56-53(55-49)37-13-3-2-4-14-37)41-17-11-15-38(31-41)40-29-30-52-46(33-40)45-21-7-10-24-51(45)57-52/h2-34H,1H3. The van der Waals surface area contributed by atoms with Crippen molar-refractivity contribution in [2.45, 2.75) is 12.3 Å². The van der Waals surface area contributed by atoms with E-state index in [2.05, 4.69) is 177 Å². The van der Waals surface area contributed by atoms with Crippen LogP contribution in [0.3, 0.4) is 0 Å². The monoisotopic (exact) mass is 728 g/mol. The van der Waals surface area contributed by atoms with Gasteiger partial charge in [0.25, 0.3) is 0 Å². The number of rotatable bonds is 6. The Morgan fingerprint density at radius 2 is 0.912 bits per heavy atom. The molecule has 1 aliphatic rings. The number of benzene rings is 8. The highest BCUT2D eigenvalue weighted by Crippen LogP contribution is 2.52. The maximum absolute atomic E-state index is 6.12. The Kier molecular flexibility index (Phi) is 7.61. The van der Waals surface area contributed by atoms with Gasteiger partial charge in [-0.2, -0.15) is 0 Å². The Labute approximate surface area is 331 Å². The number of nitrogens with zero attached hydrogens (tertiary/aromatic N) is 2. The zero-order chi connectivity index (χ0) is 37.9. The van der Waals surface area contributed by atoms with Crippen molar-refractivity contribution in [1.29, 1.82) is 0 Å². The Morgan fingerprint density at radius 3 is 1.68 bits per heavy atom. The zero-order valence-electron chi connectivity index (χ0n) is 31.4. The van der Waals surface area contributed by atoms with Gasteiger partial charge in [-0.15, -0.1) is 0 Å². The highest BCUT2D eigenvalue weighted by Gasteiger charge is 2.40. The summed E-state index contributed by atoms with van der Waals surface area (Å²) in [5.74, 6) is 0.696. The second-order valence-electron chi connectivity index (χ2n) is 15.1. The fraction of sp³-hybridized carbons (Fsp3) is 0.0370. The van der Waals surface area contributed by atoms with Crippen LogP contribution in [0.5, 0.6) is 0 Å². The van der Waals surface area contributed by atoms with E-state index in [9.17, 15) is 0 Å². The van der Waals surface area contributed by atoms with Crippen LogP contribution in [0.2, 0.25) is 0 Å². The van der Waals surface area contributed by atoms with E-state index < -0.39 is 0 Å². The molecule has 1 aliphatic carbocycles. The first-order valence-corrected chi connectivity index (χ1v) is 19.5. The zero-order valence-corrected chi connectivity index (χ0v) is 31.4. The number of hydrogen-bond donors (Lipinski definition) is 0. The minimum atomic E-state index is -0.244. The molecule has 3 nitrogen and oxygen atoms in total. The van der Waals surface area contributed by atoms with Gasteiger partial charge in [0.05, 0.1) is 11.4 Å². The molecule has 11 rings (SSSR count). The Morgan fingerprint density at radius 1 is 0.368 bits per heavy atom. The van der Waals surface area contributed by atoms with Crippen molar-refractivity contribution in [2.24, 2.45) is 0 Å². The van der Waals surface area contributed by atoms with Crippen LogP contribution in [0.15, 0.2) is 205 Å². The van der Waals surface area contributed by atoms with E-state index in [0.29, 0.717) is 5.82 Å². The van der Waals surface area contributed by atoms with Crippen molar-refractivity contribution in [3.05, 3.63) is 217 Å². The Hall–Kier alpha value is -7.36. The molecule has 0 radical (unpaired) electrons. The first-order valence-electron chi connectivity index (χ1n) is 19.5. The second kappa shape index (κ2) is 13.1. The summed E-state index contributed by atoms with van der Waals surface area (Å²) in [5, 5.41) is 2.24. The van der Waals surface area contributed by atoms with Gasteiger partial charge in [-0.3, -0.25) is 0 Å². The average Bonchev–Trinajstić information content (AvgIpc) is 3.79. The van der Waals surface area contributed by atoms with E-state index in [0.717, 1.165) is 66.7 Å². The van der Waals surface area contributed by atoms with E-state index in [1.165, 1.54) is 33.4 Å². The summed E-state index contributed by atoms with van der Waals surface area (Å²) in [6, 6.07) is 71.2. The summed E-state index contributed by atoms with van der Waals surface area (Å²) in [7, 11) is 0. The lowest BCUT2D eigenvalue weighted by Gasteiger charge is -2.28. The third-order valence-corrected chi connectivity index (χ3v) is 11.8. The van der Waals surface area contributed by atoms with Gasteiger partial charge in [-0.25, -0.2) is 9.97 Å². The molecule has 0 saturated heterocycles. The minimum absolute atomic E-state index is 0.244. The average molecular weight is 729 g/mol. The van der Waals surface area contributed by atoms with E-state index >= 15 is 0 Å². The molecule has 0 bridgehead atoms. The van der Waals surface area contributed by atoms with Crippen LogP contribution in [-0.4, -0.2) is 9.97 Å². The fourth-order valence-electron chi connectivity index (χ4n) is 8.83. The molecule has 0 spiro atoms. The minimum Gasteiger partial charge on any atom is -0.456 e. The van der Waals surface area contributed by atoms with Crippen LogP contribution in [0, 0.1) is 0 Å². The predicted molar refractivity (Wildman–Crippen MR) is 234 cm³/mol. The highest BCUT2D eigenvalue weighted by molar-refractivity contribution is 6.06. The van der Waals surface area contributed by atoms with Crippen molar-refractivity contribution < 1.29 is 4.42 Å². The largest absolute Gasteiger partial charge is 0.456 e. The summed E-state index contributed by atoms with van der Waals surface area (Å²) < 4.78 is 6.12. The summed E-state index contributed by atoms with van der Waals surface area (Å²) >= 11 is 0. The van der Waals surface area contributed by atoms with E-state index in [1.54, 1.807) is 0 Å². The molecule has 3 heteroatoms. The van der Waals surface area contributed by atoms with Crippen LogP contribution in [0.25, 0.3) is 89.2 Å². The van der Waals surface area contributed by atoms with Crippen molar-refractivity contribution in [1.82, 2.24) is 9.97 Å². The molecule has 268 valence electrons. The van der Waals surface area contributed by atoms with Gasteiger partial charge in [-0.1, -0.05) is 164 Å². The topological polar surface area (TPSA) is 38.9 Å². The number of aromatic nitrogens is 2. The summed E-state index contributed by atoms with van der Waals surface area (Å²) in [5.41, 5.74) is 17.6. The van der Waals surface area contributed by atoms with Crippen molar-refractivity contribution in [3.8, 4) is 67.3 Å². The fourth-order valence-corrected chi connectivity index (χ4v) is 8.83. The number of fused-ring (bicyclic) bond motifs is 6.